The van der Waals surface area contributed by atoms with Crippen molar-refractivity contribution < 1.29 is 0 Å². The Hall–Kier alpha value is -1.39. The molecule has 0 radical (unpaired) electrons. The molecule has 0 saturated carbocycles. The van der Waals surface area contributed by atoms with Crippen molar-refractivity contribution in [3.63, 3.8) is 0 Å². The number of aryl methyl sites for hydroxylation is 1. The van der Waals surface area contributed by atoms with E-state index in [-0.39, 0.29) is 0 Å². The molecule has 0 spiro atoms. The van der Waals surface area contributed by atoms with Gasteiger partial charge in [-0.3, -0.25) is 0 Å². The van der Waals surface area contributed by atoms with Crippen LogP contribution in [0.5, 0.6) is 0 Å². The molecule has 1 N–H and O–H groups in total. The lowest BCUT2D eigenvalue weighted by atomic mass is 10.3. The van der Waals surface area contributed by atoms with Gasteiger partial charge in [0.05, 0.1) is 6.20 Å². The first-order valence-corrected chi connectivity index (χ1v) is 6.07. The van der Waals surface area contributed by atoms with E-state index >= 15 is 0 Å². The average molecular weight is 233 g/mol. The predicted molar refractivity (Wildman–Crippen MR) is 68.2 cm³/mol. The second-order valence-electron chi connectivity index (χ2n) is 3.64. The van der Waals surface area contributed by atoms with Gasteiger partial charge in [-0.1, -0.05) is 6.58 Å². The highest BCUT2D eigenvalue weighted by Gasteiger charge is 2.00. The maximum absolute atomic E-state index is 4.13. The third kappa shape index (κ3) is 2.59. The van der Waals surface area contributed by atoms with Crippen LogP contribution in [0.25, 0.3) is 6.20 Å². The summed E-state index contributed by atoms with van der Waals surface area (Å²) in [5, 5.41) is 9.66. The fourth-order valence-electron chi connectivity index (χ4n) is 1.47. The first kappa shape index (κ1) is 11.1. The normalized spacial score (nSPS) is 10.6. The molecule has 0 saturated heterocycles. The highest BCUT2D eigenvalue weighted by atomic mass is 32.1. The maximum Gasteiger partial charge on any atom is 0.0538 e. The minimum atomic E-state index is 0.838. The number of hydrogen-bond donors (Lipinski definition) is 1. The second-order valence-corrected chi connectivity index (χ2v) is 4.64. The molecule has 2 aromatic heterocycles. The Morgan fingerprint density at radius 1 is 1.56 bits per heavy atom. The predicted octanol–water partition coefficient (Wildman–Crippen LogP) is 2.64. The molecular weight excluding hydrogens is 218 g/mol. The van der Waals surface area contributed by atoms with Gasteiger partial charge in [-0.05, 0) is 23.9 Å². The van der Waals surface area contributed by atoms with Crippen LogP contribution in [-0.4, -0.2) is 9.78 Å². The Morgan fingerprint density at radius 3 is 3.06 bits per heavy atom. The third-order valence-electron chi connectivity index (χ3n) is 2.42. The van der Waals surface area contributed by atoms with Crippen molar-refractivity contribution in [3.8, 4) is 0 Å². The van der Waals surface area contributed by atoms with Crippen molar-refractivity contribution in [2.45, 2.75) is 20.0 Å². The topological polar surface area (TPSA) is 29.9 Å². The van der Waals surface area contributed by atoms with Crippen molar-refractivity contribution in [2.75, 3.05) is 0 Å². The van der Waals surface area contributed by atoms with Gasteiger partial charge in [0.1, 0.15) is 0 Å². The van der Waals surface area contributed by atoms with E-state index in [1.54, 1.807) is 22.2 Å². The third-order valence-corrected chi connectivity index (χ3v) is 3.45. The van der Waals surface area contributed by atoms with Crippen LogP contribution >= 0.6 is 11.3 Å². The lowest BCUT2D eigenvalue weighted by molar-refractivity contribution is 0.698. The summed E-state index contributed by atoms with van der Waals surface area (Å²) >= 11 is 1.79. The number of aromatic nitrogens is 2. The summed E-state index contributed by atoms with van der Waals surface area (Å²) in [7, 11) is 0. The first-order chi connectivity index (χ1) is 7.79. The van der Waals surface area contributed by atoms with E-state index < -0.39 is 0 Å². The van der Waals surface area contributed by atoms with Gasteiger partial charge in [-0.25, -0.2) is 4.68 Å². The van der Waals surface area contributed by atoms with Crippen LogP contribution in [0.4, 0.5) is 0 Å². The fourth-order valence-corrected chi connectivity index (χ4v) is 2.35. The molecule has 2 heterocycles. The molecule has 4 heteroatoms. The van der Waals surface area contributed by atoms with Gasteiger partial charge in [0.25, 0.3) is 0 Å². The van der Waals surface area contributed by atoms with Gasteiger partial charge >= 0.3 is 0 Å². The SMILES string of the molecule is C=Cn1cc(CNCc2sccc2C)cn1. The second kappa shape index (κ2) is 5.09. The number of rotatable bonds is 5. The van der Waals surface area contributed by atoms with Crippen molar-refractivity contribution >= 4 is 17.5 Å². The Balaban J connectivity index is 1.84. The van der Waals surface area contributed by atoms with E-state index in [0.717, 1.165) is 13.1 Å². The van der Waals surface area contributed by atoms with Crippen LogP contribution < -0.4 is 5.32 Å². The van der Waals surface area contributed by atoms with E-state index in [2.05, 4.69) is 35.4 Å². The molecule has 0 amide bonds. The summed E-state index contributed by atoms with van der Waals surface area (Å²) in [4.78, 5) is 1.40. The highest BCUT2D eigenvalue weighted by molar-refractivity contribution is 7.10. The number of nitrogens with zero attached hydrogens (tertiary/aromatic N) is 2. The quantitative estimate of drug-likeness (QED) is 0.860. The fraction of sp³-hybridized carbons (Fsp3) is 0.250. The Kier molecular flexibility index (Phi) is 3.54. The molecule has 2 aromatic rings. The van der Waals surface area contributed by atoms with Gasteiger partial charge < -0.3 is 5.32 Å². The van der Waals surface area contributed by atoms with Crippen LogP contribution in [0.3, 0.4) is 0 Å². The molecule has 0 aromatic carbocycles. The summed E-state index contributed by atoms with van der Waals surface area (Å²) in [6.45, 7) is 7.56. The average Bonchev–Trinajstić information content (AvgIpc) is 2.89. The van der Waals surface area contributed by atoms with Crippen molar-refractivity contribution in [1.82, 2.24) is 15.1 Å². The molecule has 3 nitrogen and oxygen atoms in total. The molecule has 0 aliphatic carbocycles. The van der Waals surface area contributed by atoms with Crippen LogP contribution in [0, 0.1) is 6.92 Å². The van der Waals surface area contributed by atoms with E-state index in [0.29, 0.717) is 0 Å². The van der Waals surface area contributed by atoms with E-state index in [1.165, 1.54) is 16.0 Å². The summed E-state index contributed by atoms with van der Waals surface area (Å²) in [6, 6.07) is 2.15. The zero-order chi connectivity index (χ0) is 11.4. The smallest absolute Gasteiger partial charge is 0.0538 e. The molecule has 0 aliphatic rings. The number of thiophene rings is 1. The number of nitrogens with one attached hydrogen (secondary N) is 1. The molecule has 0 bridgehead atoms. The van der Waals surface area contributed by atoms with Gasteiger partial charge in [0.2, 0.25) is 0 Å². The van der Waals surface area contributed by atoms with Crippen molar-refractivity contribution in [2.24, 2.45) is 0 Å². The summed E-state index contributed by atoms with van der Waals surface area (Å²) in [5.41, 5.74) is 2.54. The lowest BCUT2D eigenvalue weighted by Crippen LogP contribution is -2.11. The minimum Gasteiger partial charge on any atom is -0.308 e. The lowest BCUT2D eigenvalue weighted by Gasteiger charge is -2.01. The molecular formula is C12H15N3S. The largest absolute Gasteiger partial charge is 0.308 e. The van der Waals surface area contributed by atoms with Gasteiger partial charge in [0, 0.05) is 35.9 Å². The van der Waals surface area contributed by atoms with E-state index in [1.807, 2.05) is 12.4 Å². The van der Waals surface area contributed by atoms with Gasteiger partial charge in [-0.15, -0.1) is 11.3 Å². The zero-order valence-corrected chi connectivity index (χ0v) is 10.1. The van der Waals surface area contributed by atoms with Crippen LogP contribution in [0.1, 0.15) is 16.0 Å². The zero-order valence-electron chi connectivity index (χ0n) is 9.31. The van der Waals surface area contributed by atoms with Gasteiger partial charge in [-0.2, -0.15) is 5.10 Å². The van der Waals surface area contributed by atoms with Gasteiger partial charge in [0.15, 0.2) is 0 Å². The maximum atomic E-state index is 4.13. The monoisotopic (exact) mass is 233 g/mol. The minimum absolute atomic E-state index is 0.838. The molecule has 0 aliphatic heterocycles. The Bertz CT molecular complexity index is 470. The Morgan fingerprint density at radius 2 is 2.44 bits per heavy atom. The Labute approximate surface area is 99.4 Å². The summed E-state index contributed by atoms with van der Waals surface area (Å²) in [5.74, 6) is 0. The molecule has 16 heavy (non-hydrogen) atoms. The van der Waals surface area contributed by atoms with E-state index in [4.69, 9.17) is 0 Å². The standard InChI is InChI=1S/C12H15N3S/c1-3-15-9-11(7-14-15)6-13-8-12-10(2)4-5-16-12/h3-5,7,9,13H,1,6,8H2,2H3. The van der Waals surface area contributed by atoms with Crippen LogP contribution in [0.15, 0.2) is 30.4 Å². The first-order valence-electron chi connectivity index (χ1n) is 5.19. The van der Waals surface area contributed by atoms with Crippen molar-refractivity contribution in [3.05, 3.63) is 46.4 Å². The molecule has 2 rings (SSSR count). The van der Waals surface area contributed by atoms with Crippen LogP contribution in [0.2, 0.25) is 0 Å². The number of hydrogen-bond acceptors (Lipinski definition) is 3. The van der Waals surface area contributed by atoms with E-state index in [9.17, 15) is 0 Å². The highest BCUT2D eigenvalue weighted by Crippen LogP contribution is 2.14. The molecule has 0 fully saturated rings. The molecule has 0 unspecified atom stereocenters. The summed E-state index contributed by atoms with van der Waals surface area (Å²) in [6.07, 6.45) is 5.52. The molecule has 84 valence electrons. The molecule has 0 atom stereocenters. The van der Waals surface area contributed by atoms with Crippen LogP contribution in [-0.2, 0) is 13.1 Å². The summed E-state index contributed by atoms with van der Waals surface area (Å²) < 4.78 is 1.72. The van der Waals surface area contributed by atoms with Crippen molar-refractivity contribution in [1.29, 1.82) is 0 Å².